The Hall–Kier alpha value is -2.17. The third kappa shape index (κ3) is 2.57. The molecular formula is C15H18FN3O. The zero-order valence-corrected chi connectivity index (χ0v) is 12.1. The number of anilines is 1. The first kappa shape index (κ1) is 14.2. The summed E-state index contributed by atoms with van der Waals surface area (Å²) in [5.41, 5.74) is 2.74. The second kappa shape index (κ2) is 5.86. The van der Waals surface area contributed by atoms with Crippen molar-refractivity contribution in [2.24, 2.45) is 0 Å². The highest BCUT2D eigenvalue weighted by Crippen LogP contribution is 2.26. The van der Waals surface area contributed by atoms with E-state index in [1.165, 1.54) is 13.2 Å². The maximum absolute atomic E-state index is 13.5. The quantitative estimate of drug-likeness (QED) is 0.930. The molecule has 2 aromatic rings. The fourth-order valence-corrected chi connectivity index (χ4v) is 2.08. The van der Waals surface area contributed by atoms with Gasteiger partial charge in [0.15, 0.2) is 17.4 Å². The van der Waals surface area contributed by atoms with Crippen molar-refractivity contribution in [3.05, 3.63) is 35.3 Å². The predicted octanol–water partition coefficient (Wildman–Crippen LogP) is 3.20. The SMILES string of the molecule is CCc1nc(-c2ccc(F)c(OC)c2)nc(NC)c1C. The second-order valence-electron chi connectivity index (χ2n) is 4.42. The summed E-state index contributed by atoms with van der Waals surface area (Å²) in [7, 11) is 3.26. The lowest BCUT2D eigenvalue weighted by Crippen LogP contribution is -2.04. The summed E-state index contributed by atoms with van der Waals surface area (Å²) in [6.07, 6.45) is 0.814. The highest BCUT2D eigenvalue weighted by atomic mass is 19.1. The molecular weight excluding hydrogens is 257 g/mol. The van der Waals surface area contributed by atoms with Gasteiger partial charge in [0.2, 0.25) is 0 Å². The van der Waals surface area contributed by atoms with Crippen LogP contribution in [0.25, 0.3) is 11.4 Å². The van der Waals surface area contributed by atoms with Gasteiger partial charge in [-0.2, -0.15) is 0 Å². The molecule has 0 amide bonds. The predicted molar refractivity (Wildman–Crippen MR) is 77.6 cm³/mol. The molecule has 0 aliphatic carbocycles. The van der Waals surface area contributed by atoms with Gasteiger partial charge in [0.1, 0.15) is 5.82 Å². The van der Waals surface area contributed by atoms with Crippen LogP contribution in [-0.2, 0) is 6.42 Å². The van der Waals surface area contributed by atoms with E-state index in [2.05, 4.69) is 15.3 Å². The maximum Gasteiger partial charge on any atom is 0.165 e. The Morgan fingerprint density at radius 2 is 2.05 bits per heavy atom. The summed E-state index contributed by atoms with van der Waals surface area (Å²) in [5, 5.41) is 3.06. The Bertz CT molecular complexity index is 604. The molecule has 106 valence electrons. The van der Waals surface area contributed by atoms with Crippen LogP contribution in [0, 0.1) is 12.7 Å². The van der Waals surface area contributed by atoms with Crippen molar-refractivity contribution in [1.29, 1.82) is 0 Å². The third-order valence-corrected chi connectivity index (χ3v) is 3.23. The number of methoxy groups -OCH3 is 1. The molecule has 4 nitrogen and oxygen atoms in total. The molecule has 0 saturated heterocycles. The van der Waals surface area contributed by atoms with Crippen LogP contribution in [0.5, 0.6) is 5.75 Å². The number of nitrogens with zero attached hydrogens (tertiary/aromatic N) is 2. The third-order valence-electron chi connectivity index (χ3n) is 3.23. The van der Waals surface area contributed by atoms with Gasteiger partial charge in [0.25, 0.3) is 0 Å². The Kier molecular flexibility index (Phi) is 4.17. The first-order valence-corrected chi connectivity index (χ1v) is 6.49. The first-order valence-electron chi connectivity index (χ1n) is 6.49. The lowest BCUT2D eigenvalue weighted by atomic mass is 10.1. The smallest absolute Gasteiger partial charge is 0.165 e. The van der Waals surface area contributed by atoms with Gasteiger partial charge in [-0.1, -0.05) is 6.92 Å². The lowest BCUT2D eigenvalue weighted by Gasteiger charge is -2.12. The van der Waals surface area contributed by atoms with E-state index >= 15 is 0 Å². The van der Waals surface area contributed by atoms with E-state index in [1.807, 2.05) is 20.9 Å². The van der Waals surface area contributed by atoms with Crippen LogP contribution in [0.15, 0.2) is 18.2 Å². The van der Waals surface area contributed by atoms with Crippen LogP contribution < -0.4 is 10.1 Å². The summed E-state index contributed by atoms with van der Waals surface area (Å²) in [4.78, 5) is 9.02. The Morgan fingerprint density at radius 3 is 2.65 bits per heavy atom. The zero-order valence-electron chi connectivity index (χ0n) is 12.1. The molecule has 0 bridgehead atoms. The monoisotopic (exact) mass is 275 g/mol. The molecule has 0 unspecified atom stereocenters. The largest absolute Gasteiger partial charge is 0.494 e. The summed E-state index contributed by atoms with van der Waals surface area (Å²) in [5.74, 6) is 1.15. The molecule has 1 heterocycles. The molecule has 1 aromatic carbocycles. The molecule has 0 atom stereocenters. The number of aromatic nitrogens is 2. The number of benzene rings is 1. The van der Waals surface area contributed by atoms with E-state index in [-0.39, 0.29) is 5.75 Å². The molecule has 0 spiro atoms. The second-order valence-corrected chi connectivity index (χ2v) is 4.42. The number of aryl methyl sites for hydroxylation is 1. The van der Waals surface area contributed by atoms with Gasteiger partial charge >= 0.3 is 0 Å². The number of rotatable bonds is 4. The topological polar surface area (TPSA) is 47.0 Å². The van der Waals surface area contributed by atoms with E-state index in [1.54, 1.807) is 12.1 Å². The first-order chi connectivity index (χ1) is 9.60. The van der Waals surface area contributed by atoms with Gasteiger partial charge < -0.3 is 10.1 Å². The van der Waals surface area contributed by atoms with E-state index in [0.717, 1.165) is 29.1 Å². The van der Waals surface area contributed by atoms with E-state index < -0.39 is 5.82 Å². The molecule has 0 fully saturated rings. The average Bonchev–Trinajstić information content (AvgIpc) is 2.48. The summed E-state index contributed by atoms with van der Waals surface area (Å²) >= 11 is 0. The van der Waals surface area contributed by atoms with Gasteiger partial charge in [-0.05, 0) is 31.5 Å². The average molecular weight is 275 g/mol. The van der Waals surface area contributed by atoms with Crippen molar-refractivity contribution in [3.8, 4) is 17.1 Å². The molecule has 0 aliphatic rings. The van der Waals surface area contributed by atoms with Gasteiger partial charge in [-0.25, -0.2) is 14.4 Å². The molecule has 0 saturated carbocycles. The van der Waals surface area contributed by atoms with Crippen molar-refractivity contribution in [3.63, 3.8) is 0 Å². The molecule has 20 heavy (non-hydrogen) atoms. The Labute approximate surface area is 118 Å². The van der Waals surface area contributed by atoms with E-state index in [0.29, 0.717) is 5.82 Å². The molecule has 0 radical (unpaired) electrons. The van der Waals surface area contributed by atoms with Crippen molar-refractivity contribution in [2.75, 3.05) is 19.5 Å². The zero-order chi connectivity index (χ0) is 14.7. The van der Waals surface area contributed by atoms with Crippen molar-refractivity contribution in [2.45, 2.75) is 20.3 Å². The standard InChI is InChI=1S/C15H18FN3O/c1-5-12-9(2)14(17-3)19-15(18-12)10-6-7-11(16)13(8-10)20-4/h6-8H,5H2,1-4H3,(H,17,18,19). The van der Waals surface area contributed by atoms with Crippen LogP contribution in [0.3, 0.4) is 0 Å². The molecule has 1 N–H and O–H groups in total. The van der Waals surface area contributed by atoms with Gasteiger partial charge in [0.05, 0.1) is 7.11 Å². The number of ether oxygens (including phenoxy) is 1. The minimum absolute atomic E-state index is 0.190. The maximum atomic E-state index is 13.5. The van der Waals surface area contributed by atoms with Crippen LogP contribution in [0.1, 0.15) is 18.2 Å². The Morgan fingerprint density at radius 1 is 1.30 bits per heavy atom. The fourth-order valence-electron chi connectivity index (χ4n) is 2.08. The van der Waals surface area contributed by atoms with Crippen molar-refractivity contribution in [1.82, 2.24) is 9.97 Å². The van der Waals surface area contributed by atoms with Crippen LogP contribution in [-0.4, -0.2) is 24.1 Å². The highest BCUT2D eigenvalue weighted by molar-refractivity contribution is 5.61. The van der Waals surface area contributed by atoms with E-state index in [9.17, 15) is 4.39 Å². The number of nitrogens with one attached hydrogen (secondary N) is 1. The van der Waals surface area contributed by atoms with Crippen molar-refractivity contribution >= 4 is 5.82 Å². The van der Waals surface area contributed by atoms with Crippen molar-refractivity contribution < 1.29 is 9.13 Å². The summed E-state index contributed by atoms with van der Waals surface area (Å²) < 4.78 is 18.5. The number of halogens is 1. The van der Waals surface area contributed by atoms with Gasteiger partial charge in [-0.3, -0.25) is 0 Å². The highest BCUT2D eigenvalue weighted by Gasteiger charge is 2.12. The molecule has 2 rings (SSSR count). The van der Waals surface area contributed by atoms with E-state index in [4.69, 9.17) is 4.74 Å². The molecule has 5 heteroatoms. The van der Waals surface area contributed by atoms with Crippen LogP contribution in [0.4, 0.5) is 10.2 Å². The number of hydrogen-bond acceptors (Lipinski definition) is 4. The van der Waals surface area contributed by atoms with Gasteiger partial charge in [0, 0.05) is 23.9 Å². The fraction of sp³-hybridized carbons (Fsp3) is 0.333. The minimum Gasteiger partial charge on any atom is -0.494 e. The molecule has 1 aromatic heterocycles. The lowest BCUT2D eigenvalue weighted by molar-refractivity contribution is 0.387. The normalized spacial score (nSPS) is 10.4. The summed E-state index contributed by atoms with van der Waals surface area (Å²) in [6.45, 7) is 4.03. The van der Waals surface area contributed by atoms with Gasteiger partial charge in [-0.15, -0.1) is 0 Å². The molecule has 0 aliphatic heterocycles. The minimum atomic E-state index is -0.395. The van der Waals surface area contributed by atoms with Crippen LogP contribution >= 0.6 is 0 Å². The number of hydrogen-bond donors (Lipinski definition) is 1. The Balaban J connectivity index is 2.57. The van der Waals surface area contributed by atoms with Crippen LogP contribution in [0.2, 0.25) is 0 Å². The summed E-state index contributed by atoms with van der Waals surface area (Å²) in [6, 6.07) is 4.63.